The molecule has 3 rings (SSSR count). The zero-order chi connectivity index (χ0) is 21.7. The van der Waals surface area contributed by atoms with E-state index in [2.05, 4.69) is 24.5 Å². The third kappa shape index (κ3) is 4.70. The lowest BCUT2D eigenvalue weighted by Gasteiger charge is -2.22. The van der Waals surface area contributed by atoms with Gasteiger partial charge in [0.2, 0.25) is 5.91 Å². The van der Waals surface area contributed by atoms with Crippen LogP contribution < -0.4 is 10.6 Å². The number of rotatable bonds is 8. The monoisotopic (exact) mass is 407 g/mol. The van der Waals surface area contributed by atoms with E-state index in [1.807, 2.05) is 54.6 Å². The third-order valence-electron chi connectivity index (χ3n) is 5.78. The highest BCUT2D eigenvalue weighted by atomic mass is 16.2. The summed E-state index contributed by atoms with van der Waals surface area (Å²) < 4.78 is 0. The maximum Gasteiger partial charge on any atom is 0.325 e. The molecule has 0 bridgehead atoms. The van der Waals surface area contributed by atoms with E-state index < -0.39 is 11.6 Å². The van der Waals surface area contributed by atoms with Crippen molar-refractivity contribution in [2.45, 2.75) is 51.5 Å². The van der Waals surface area contributed by atoms with Crippen molar-refractivity contribution in [3.05, 3.63) is 65.7 Å². The van der Waals surface area contributed by atoms with Gasteiger partial charge in [0.1, 0.15) is 12.1 Å². The highest BCUT2D eigenvalue weighted by Gasteiger charge is 2.47. The standard InChI is InChI=1S/C24H29N3O3/c1-4-17(2)19-12-8-9-13-20(19)25-21(28)16-27-22(29)24(3,26-23(27)30)15-14-18-10-6-5-7-11-18/h5-13,17H,4,14-16H2,1-3H3,(H,25,28)(H,26,30)/t17-,24-/m0/s1. The zero-order valence-electron chi connectivity index (χ0n) is 17.8. The van der Waals surface area contributed by atoms with Gasteiger partial charge in [0, 0.05) is 5.69 Å². The van der Waals surface area contributed by atoms with Gasteiger partial charge in [-0.2, -0.15) is 0 Å². The van der Waals surface area contributed by atoms with Gasteiger partial charge >= 0.3 is 6.03 Å². The van der Waals surface area contributed by atoms with Crippen LogP contribution in [0.4, 0.5) is 10.5 Å². The molecule has 0 unspecified atom stereocenters. The molecule has 2 aromatic carbocycles. The highest BCUT2D eigenvalue weighted by molar-refractivity contribution is 6.10. The summed E-state index contributed by atoms with van der Waals surface area (Å²) in [6, 6.07) is 16.9. The molecule has 0 radical (unpaired) electrons. The van der Waals surface area contributed by atoms with Crippen molar-refractivity contribution in [1.29, 1.82) is 0 Å². The van der Waals surface area contributed by atoms with Crippen LogP contribution in [0.3, 0.4) is 0 Å². The molecule has 1 aliphatic rings. The Morgan fingerprint density at radius 3 is 2.47 bits per heavy atom. The molecule has 6 nitrogen and oxygen atoms in total. The third-order valence-corrected chi connectivity index (χ3v) is 5.78. The van der Waals surface area contributed by atoms with Crippen LogP contribution in [-0.4, -0.2) is 34.8 Å². The van der Waals surface area contributed by atoms with Crippen molar-refractivity contribution >= 4 is 23.5 Å². The number of hydrogen-bond acceptors (Lipinski definition) is 3. The summed E-state index contributed by atoms with van der Waals surface area (Å²) in [5.41, 5.74) is 1.84. The summed E-state index contributed by atoms with van der Waals surface area (Å²) >= 11 is 0. The minimum absolute atomic E-state index is 0.291. The van der Waals surface area contributed by atoms with Gasteiger partial charge in [0.15, 0.2) is 0 Å². The van der Waals surface area contributed by atoms with E-state index in [1.165, 1.54) is 0 Å². The quantitative estimate of drug-likeness (QED) is 0.647. The number of nitrogens with one attached hydrogen (secondary N) is 2. The topological polar surface area (TPSA) is 78.5 Å². The van der Waals surface area contributed by atoms with Gasteiger partial charge in [-0.15, -0.1) is 0 Å². The van der Waals surface area contributed by atoms with Crippen molar-refractivity contribution in [2.24, 2.45) is 0 Å². The summed E-state index contributed by atoms with van der Waals surface area (Å²) in [6.07, 6.45) is 2.07. The Morgan fingerprint density at radius 2 is 1.77 bits per heavy atom. The first-order chi connectivity index (χ1) is 14.3. The molecule has 0 spiro atoms. The minimum Gasteiger partial charge on any atom is -0.324 e. The van der Waals surface area contributed by atoms with Crippen LogP contribution in [0.2, 0.25) is 0 Å². The number of amides is 4. The normalized spacial score (nSPS) is 19.5. The van der Waals surface area contributed by atoms with E-state index in [1.54, 1.807) is 6.92 Å². The molecule has 2 N–H and O–H groups in total. The van der Waals surface area contributed by atoms with Gasteiger partial charge in [0.05, 0.1) is 0 Å². The molecule has 1 fully saturated rings. The second-order valence-corrected chi connectivity index (χ2v) is 8.08. The van der Waals surface area contributed by atoms with E-state index in [4.69, 9.17) is 0 Å². The summed E-state index contributed by atoms with van der Waals surface area (Å²) in [5.74, 6) is -0.463. The van der Waals surface area contributed by atoms with E-state index >= 15 is 0 Å². The molecular weight excluding hydrogens is 378 g/mol. The Bertz CT molecular complexity index is 928. The second kappa shape index (κ2) is 9.11. The molecule has 1 saturated heterocycles. The van der Waals surface area contributed by atoms with E-state index in [9.17, 15) is 14.4 Å². The fraction of sp³-hybridized carbons (Fsp3) is 0.375. The lowest BCUT2D eigenvalue weighted by atomic mass is 9.93. The Kier molecular flexibility index (Phi) is 6.55. The Labute approximate surface area is 177 Å². The molecule has 6 heteroatoms. The number of carbonyl (C=O) groups is 3. The number of nitrogens with zero attached hydrogens (tertiary/aromatic N) is 1. The van der Waals surface area contributed by atoms with Gasteiger partial charge in [-0.1, -0.05) is 62.4 Å². The van der Waals surface area contributed by atoms with Crippen molar-refractivity contribution in [3.8, 4) is 0 Å². The van der Waals surface area contributed by atoms with Gasteiger partial charge in [-0.3, -0.25) is 14.5 Å². The number of carbonyl (C=O) groups excluding carboxylic acids is 3. The molecule has 0 aliphatic carbocycles. The smallest absolute Gasteiger partial charge is 0.324 e. The van der Waals surface area contributed by atoms with Crippen LogP contribution in [-0.2, 0) is 16.0 Å². The largest absolute Gasteiger partial charge is 0.325 e. The van der Waals surface area contributed by atoms with Crippen LogP contribution in [0.15, 0.2) is 54.6 Å². The van der Waals surface area contributed by atoms with Crippen molar-refractivity contribution < 1.29 is 14.4 Å². The number of hydrogen-bond donors (Lipinski definition) is 2. The molecule has 4 amide bonds. The number of anilines is 1. The van der Waals surface area contributed by atoms with Crippen LogP contribution in [0.1, 0.15) is 50.7 Å². The highest BCUT2D eigenvalue weighted by Crippen LogP contribution is 2.27. The summed E-state index contributed by atoms with van der Waals surface area (Å²) in [6.45, 7) is 5.60. The van der Waals surface area contributed by atoms with Gasteiger partial charge in [-0.25, -0.2) is 4.79 Å². The predicted molar refractivity (Wildman–Crippen MR) is 117 cm³/mol. The van der Waals surface area contributed by atoms with Crippen LogP contribution in [0.5, 0.6) is 0 Å². The molecule has 2 atom stereocenters. The molecular formula is C24H29N3O3. The SMILES string of the molecule is CC[C@H](C)c1ccccc1NC(=O)CN1C(=O)N[C@@](C)(CCc2ccccc2)C1=O. The average molecular weight is 408 g/mol. The maximum absolute atomic E-state index is 12.9. The first-order valence-corrected chi connectivity index (χ1v) is 10.4. The molecule has 1 heterocycles. The Hall–Kier alpha value is -3.15. The van der Waals surface area contributed by atoms with Gasteiger partial charge in [-0.05, 0) is 49.3 Å². The minimum atomic E-state index is -1.01. The van der Waals surface area contributed by atoms with E-state index in [0.717, 1.165) is 28.1 Å². The van der Waals surface area contributed by atoms with Crippen LogP contribution in [0, 0.1) is 0 Å². The lowest BCUT2D eigenvalue weighted by molar-refractivity contribution is -0.133. The summed E-state index contributed by atoms with van der Waals surface area (Å²) in [5, 5.41) is 5.63. The summed E-state index contributed by atoms with van der Waals surface area (Å²) in [7, 11) is 0. The molecule has 158 valence electrons. The Morgan fingerprint density at radius 1 is 1.10 bits per heavy atom. The van der Waals surface area contributed by atoms with Crippen molar-refractivity contribution in [1.82, 2.24) is 10.2 Å². The van der Waals surface area contributed by atoms with Crippen molar-refractivity contribution in [2.75, 3.05) is 11.9 Å². The molecule has 30 heavy (non-hydrogen) atoms. The zero-order valence-corrected chi connectivity index (χ0v) is 17.8. The van der Waals surface area contributed by atoms with Crippen LogP contribution in [0.25, 0.3) is 0 Å². The van der Waals surface area contributed by atoms with E-state index in [-0.39, 0.29) is 18.4 Å². The van der Waals surface area contributed by atoms with Gasteiger partial charge in [0.25, 0.3) is 5.91 Å². The molecule has 2 aromatic rings. The Balaban J connectivity index is 1.65. The first-order valence-electron chi connectivity index (χ1n) is 10.4. The lowest BCUT2D eigenvalue weighted by Crippen LogP contribution is -2.45. The van der Waals surface area contributed by atoms with Crippen LogP contribution >= 0.6 is 0 Å². The second-order valence-electron chi connectivity index (χ2n) is 8.08. The number of imide groups is 1. The molecule has 0 saturated carbocycles. The van der Waals surface area contributed by atoms with Gasteiger partial charge < -0.3 is 10.6 Å². The molecule has 0 aromatic heterocycles. The summed E-state index contributed by atoms with van der Waals surface area (Å²) in [4.78, 5) is 39.0. The fourth-order valence-corrected chi connectivity index (χ4v) is 3.69. The first kappa shape index (κ1) is 21.6. The number of benzene rings is 2. The van der Waals surface area contributed by atoms with Crippen molar-refractivity contribution in [3.63, 3.8) is 0 Å². The number of aryl methyl sites for hydroxylation is 1. The number of para-hydroxylation sites is 1. The number of urea groups is 1. The average Bonchev–Trinajstić information content (AvgIpc) is 2.96. The maximum atomic E-state index is 12.9. The predicted octanol–water partition coefficient (Wildman–Crippen LogP) is 4.08. The van der Waals surface area contributed by atoms with E-state index in [0.29, 0.717) is 18.8 Å². The molecule has 1 aliphatic heterocycles. The fourth-order valence-electron chi connectivity index (χ4n) is 3.69.